The Labute approximate surface area is 159 Å². The number of carbonyl (C=O) groups excluding carboxylic acids is 2. The number of anilines is 2. The van der Waals surface area contributed by atoms with Crippen LogP contribution >= 0.6 is 11.8 Å². The Bertz CT molecular complexity index is 758. The second-order valence-corrected chi connectivity index (χ2v) is 8.06. The third-order valence-electron chi connectivity index (χ3n) is 4.98. The van der Waals surface area contributed by atoms with Crippen LogP contribution in [0.1, 0.15) is 0 Å². The number of rotatable bonds is 4. The number of hydrogen-bond donors (Lipinski definition) is 1. The Morgan fingerprint density at radius 2 is 2.04 bits per heavy atom. The van der Waals surface area contributed by atoms with E-state index in [2.05, 4.69) is 5.32 Å². The highest BCUT2D eigenvalue weighted by molar-refractivity contribution is 8.00. The number of alkyl carbamates (subject to hydrolysis) is 1. The van der Waals surface area contributed by atoms with Crippen molar-refractivity contribution in [2.24, 2.45) is 5.41 Å². The van der Waals surface area contributed by atoms with Gasteiger partial charge < -0.3 is 19.7 Å². The van der Waals surface area contributed by atoms with Crippen molar-refractivity contribution in [1.82, 2.24) is 5.32 Å². The van der Waals surface area contributed by atoms with E-state index in [1.807, 2.05) is 11.8 Å². The highest BCUT2D eigenvalue weighted by Gasteiger charge is 2.49. The summed E-state index contributed by atoms with van der Waals surface area (Å²) in [6.45, 7) is 1.20. The van der Waals surface area contributed by atoms with Crippen LogP contribution in [0.5, 0.6) is 0 Å². The van der Waals surface area contributed by atoms with Gasteiger partial charge in [-0.15, -0.1) is 0 Å². The number of cyclic esters (lactones) is 1. The highest BCUT2D eigenvalue weighted by atomic mass is 32.2. The number of carbonyl (C=O) groups is 2. The lowest BCUT2D eigenvalue weighted by atomic mass is 9.82. The van der Waals surface area contributed by atoms with Crippen LogP contribution in [0.3, 0.4) is 0 Å². The van der Waals surface area contributed by atoms with Crippen LogP contribution in [-0.2, 0) is 9.47 Å². The first-order chi connectivity index (χ1) is 12.9. The minimum absolute atomic E-state index is 0.0398. The Morgan fingerprint density at radius 1 is 1.37 bits per heavy atom. The van der Waals surface area contributed by atoms with Crippen LogP contribution < -0.4 is 15.1 Å². The van der Waals surface area contributed by atoms with E-state index in [1.165, 1.54) is 7.05 Å². The zero-order chi connectivity index (χ0) is 19.2. The maximum absolute atomic E-state index is 14.6. The van der Waals surface area contributed by atoms with Gasteiger partial charge in [0.15, 0.2) is 17.7 Å². The van der Waals surface area contributed by atoms with E-state index in [-0.39, 0.29) is 29.9 Å². The maximum atomic E-state index is 14.6. The molecule has 1 atom stereocenters. The highest BCUT2D eigenvalue weighted by Crippen LogP contribution is 2.48. The summed E-state index contributed by atoms with van der Waals surface area (Å²) in [7, 11) is 1.41. The fraction of sp³-hybridized carbons (Fsp3) is 0.529. The average molecular weight is 399 g/mol. The summed E-state index contributed by atoms with van der Waals surface area (Å²) < 4.78 is 39.1. The number of benzene rings is 1. The molecular formula is C17H19F2N3O4S. The minimum atomic E-state index is -0.735. The van der Waals surface area contributed by atoms with Crippen LogP contribution in [0, 0.1) is 17.0 Å². The van der Waals surface area contributed by atoms with E-state index in [1.54, 1.807) is 4.90 Å². The summed E-state index contributed by atoms with van der Waals surface area (Å²) in [6, 6.07) is 2.28. The van der Waals surface area contributed by atoms with Gasteiger partial charge in [0.25, 0.3) is 0 Å². The summed E-state index contributed by atoms with van der Waals surface area (Å²) >= 11 is 1.84. The topological polar surface area (TPSA) is 71.1 Å². The third-order valence-corrected chi connectivity index (χ3v) is 6.61. The van der Waals surface area contributed by atoms with Gasteiger partial charge in [0.05, 0.1) is 12.2 Å². The molecule has 146 valence electrons. The number of nitrogens with one attached hydrogen (secondary N) is 1. The van der Waals surface area contributed by atoms with Gasteiger partial charge >= 0.3 is 12.2 Å². The Hall–Kier alpha value is -2.23. The predicted octanol–water partition coefficient (Wildman–Crippen LogP) is 2.20. The van der Waals surface area contributed by atoms with Gasteiger partial charge in [-0.3, -0.25) is 4.90 Å². The lowest BCUT2D eigenvalue weighted by Crippen LogP contribution is -2.63. The summed E-state index contributed by atoms with van der Waals surface area (Å²) in [5.41, 5.74) is 0.239. The number of nitrogens with zero attached hydrogens (tertiary/aromatic N) is 2. The summed E-state index contributed by atoms with van der Waals surface area (Å²) in [5.74, 6) is 0.655. The number of amides is 2. The molecule has 1 N–H and O–H groups in total. The average Bonchev–Trinajstić information content (AvgIpc) is 2.93. The fourth-order valence-corrected chi connectivity index (χ4v) is 4.71. The number of thioether (sulfide) groups is 1. The molecule has 0 aliphatic carbocycles. The maximum Gasteiger partial charge on any atom is 0.414 e. The number of hydrogen-bond acceptors (Lipinski definition) is 6. The molecule has 0 saturated carbocycles. The lowest BCUT2D eigenvalue weighted by molar-refractivity contribution is 0.0745. The van der Waals surface area contributed by atoms with Gasteiger partial charge in [-0.25, -0.2) is 18.4 Å². The fourth-order valence-electron chi connectivity index (χ4n) is 3.56. The zero-order valence-corrected chi connectivity index (χ0v) is 15.5. The largest absolute Gasteiger partial charge is 0.446 e. The van der Waals surface area contributed by atoms with Gasteiger partial charge in [0.1, 0.15) is 12.3 Å². The molecule has 1 unspecified atom stereocenters. The van der Waals surface area contributed by atoms with Crippen molar-refractivity contribution >= 4 is 35.3 Å². The molecule has 0 radical (unpaired) electrons. The van der Waals surface area contributed by atoms with E-state index < -0.39 is 29.9 Å². The second-order valence-electron chi connectivity index (χ2n) is 7.07. The summed E-state index contributed by atoms with van der Waals surface area (Å²) in [5, 5.41) is 2.28. The standard InChI is InChI=1S/C17H19F2N3O4S/c1-20-15(23)25-5-11-4-22(16(24)26-11)10-2-12(18)14(13(19)3-10)21-6-17(7-21)8-27-9-17/h2-3,11H,4-9H2,1H3,(H,20,23). The third kappa shape index (κ3) is 3.26. The monoisotopic (exact) mass is 399 g/mol. The Balaban J connectivity index is 1.45. The molecule has 27 heavy (non-hydrogen) atoms. The van der Waals surface area contributed by atoms with E-state index in [9.17, 15) is 18.4 Å². The smallest absolute Gasteiger partial charge is 0.414 e. The van der Waals surface area contributed by atoms with Crippen molar-refractivity contribution in [2.45, 2.75) is 6.10 Å². The quantitative estimate of drug-likeness (QED) is 0.837. The molecule has 1 aromatic rings. The van der Waals surface area contributed by atoms with Crippen molar-refractivity contribution in [3.05, 3.63) is 23.8 Å². The lowest BCUT2D eigenvalue weighted by Gasteiger charge is -2.56. The van der Waals surface area contributed by atoms with Crippen molar-refractivity contribution < 1.29 is 27.8 Å². The van der Waals surface area contributed by atoms with Crippen LogP contribution in [0.15, 0.2) is 12.1 Å². The predicted molar refractivity (Wildman–Crippen MR) is 96.4 cm³/mol. The van der Waals surface area contributed by atoms with E-state index in [0.717, 1.165) is 28.5 Å². The molecular weight excluding hydrogens is 380 g/mol. The van der Waals surface area contributed by atoms with Crippen molar-refractivity contribution in [2.75, 3.05) is 54.6 Å². The normalized spacial score (nSPS) is 22.9. The van der Waals surface area contributed by atoms with E-state index in [4.69, 9.17) is 9.47 Å². The van der Waals surface area contributed by atoms with Crippen LogP contribution in [-0.4, -0.2) is 63.1 Å². The van der Waals surface area contributed by atoms with Gasteiger partial charge in [0.2, 0.25) is 0 Å². The first-order valence-corrected chi connectivity index (χ1v) is 9.71. The van der Waals surface area contributed by atoms with E-state index in [0.29, 0.717) is 13.1 Å². The van der Waals surface area contributed by atoms with Gasteiger partial charge in [-0.2, -0.15) is 11.8 Å². The molecule has 3 saturated heterocycles. The molecule has 2 amide bonds. The SMILES string of the molecule is CNC(=O)OCC1CN(c2cc(F)c(N3CC4(CSC4)C3)c(F)c2)C(=O)O1. The van der Waals surface area contributed by atoms with Crippen molar-refractivity contribution in [1.29, 1.82) is 0 Å². The molecule has 4 rings (SSSR count). The van der Waals surface area contributed by atoms with Crippen LogP contribution in [0.4, 0.5) is 29.7 Å². The summed E-state index contributed by atoms with van der Waals surface area (Å²) in [4.78, 5) is 26.0. The van der Waals surface area contributed by atoms with E-state index >= 15 is 0 Å². The van der Waals surface area contributed by atoms with Gasteiger partial charge in [-0.1, -0.05) is 0 Å². The molecule has 3 fully saturated rings. The van der Waals surface area contributed by atoms with Crippen LogP contribution in [0.2, 0.25) is 0 Å². The van der Waals surface area contributed by atoms with Crippen LogP contribution in [0.25, 0.3) is 0 Å². The molecule has 1 spiro atoms. The Morgan fingerprint density at radius 3 is 2.59 bits per heavy atom. The first-order valence-electron chi connectivity index (χ1n) is 8.55. The number of halogens is 2. The summed E-state index contributed by atoms with van der Waals surface area (Å²) in [6.07, 6.45) is -2.09. The second kappa shape index (κ2) is 6.74. The number of ether oxygens (including phenoxy) is 2. The molecule has 3 aliphatic rings. The minimum Gasteiger partial charge on any atom is -0.446 e. The molecule has 1 aromatic carbocycles. The molecule has 3 heterocycles. The molecule has 0 aromatic heterocycles. The Kier molecular flexibility index (Phi) is 4.53. The zero-order valence-electron chi connectivity index (χ0n) is 14.7. The van der Waals surface area contributed by atoms with Crippen molar-refractivity contribution in [3.63, 3.8) is 0 Å². The molecule has 0 bridgehead atoms. The first kappa shape index (κ1) is 18.1. The molecule has 7 nitrogen and oxygen atoms in total. The molecule has 10 heteroatoms. The van der Waals surface area contributed by atoms with Gasteiger partial charge in [0, 0.05) is 49.2 Å². The van der Waals surface area contributed by atoms with Crippen molar-refractivity contribution in [3.8, 4) is 0 Å². The molecule has 3 aliphatic heterocycles. The van der Waals surface area contributed by atoms with Gasteiger partial charge in [-0.05, 0) is 0 Å².